The van der Waals surface area contributed by atoms with Gasteiger partial charge >= 0.3 is 0 Å². The first-order valence-electron chi connectivity index (χ1n) is 13.7. The lowest BCUT2D eigenvalue weighted by molar-refractivity contribution is 0.0990. The molecule has 0 spiro atoms. The smallest absolute Gasteiger partial charge is 0.258 e. The Hall–Kier alpha value is -3.83. The Labute approximate surface area is 263 Å². The molecule has 0 bridgehead atoms. The molecule has 0 aliphatic heterocycles. The van der Waals surface area contributed by atoms with E-state index in [9.17, 15) is 9.59 Å². The highest BCUT2D eigenvalue weighted by molar-refractivity contribution is 6.12. The second-order valence-electron chi connectivity index (χ2n) is 9.78. The Morgan fingerprint density at radius 1 is 1.02 bits per heavy atom. The van der Waals surface area contributed by atoms with Crippen LogP contribution in [0.15, 0.2) is 54.6 Å². The summed E-state index contributed by atoms with van der Waals surface area (Å²) >= 11 is 0. The number of nitrogens with zero attached hydrogens (tertiary/aromatic N) is 2. The van der Waals surface area contributed by atoms with E-state index in [1.807, 2.05) is 31.2 Å². The molecule has 1 aromatic heterocycles. The van der Waals surface area contributed by atoms with Crippen molar-refractivity contribution in [2.45, 2.75) is 39.2 Å². The van der Waals surface area contributed by atoms with Gasteiger partial charge in [0.2, 0.25) is 0 Å². The number of unbranched alkanes of at least 4 members (excludes halogenated alkanes) is 3. The molecule has 0 fully saturated rings. The third-order valence-electron chi connectivity index (χ3n) is 6.79. The number of para-hydroxylation sites is 1. The molecule has 5 N–H and O–H groups in total. The first kappa shape index (κ1) is 35.4. The second-order valence-corrected chi connectivity index (χ2v) is 9.78. The van der Waals surface area contributed by atoms with Crippen LogP contribution in [0.4, 0.5) is 11.4 Å². The summed E-state index contributed by atoms with van der Waals surface area (Å²) in [5.74, 6) is 0.943. The minimum Gasteiger partial charge on any atom is -0.495 e. The van der Waals surface area contributed by atoms with E-state index in [1.54, 1.807) is 42.3 Å². The molecular weight excluding hydrogens is 593 g/mol. The summed E-state index contributed by atoms with van der Waals surface area (Å²) in [6, 6.07) is 15.9. The summed E-state index contributed by atoms with van der Waals surface area (Å²) in [7, 11) is 3.18. The van der Waals surface area contributed by atoms with Crippen molar-refractivity contribution in [2.24, 2.45) is 5.73 Å². The number of aromatic amines is 1. The van der Waals surface area contributed by atoms with Crippen molar-refractivity contribution in [3.05, 3.63) is 77.1 Å². The molecule has 10 nitrogen and oxygen atoms in total. The molecule has 0 radical (unpaired) electrons. The SMILES string of the molecule is COc1cc(C(=O)N(C)c2ccc(C)cc2OCCCCCCO)ccc1NC(=O)c1cccc2[nH]c(CN)nc12.Cl.Cl. The van der Waals surface area contributed by atoms with Crippen LogP contribution in [0.25, 0.3) is 11.0 Å². The minimum absolute atomic E-state index is 0. The number of aliphatic hydroxyl groups is 1. The van der Waals surface area contributed by atoms with Crippen LogP contribution < -0.4 is 25.4 Å². The lowest BCUT2D eigenvalue weighted by Gasteiger charge is -2.22. The molecule has 43 heavy (non-hydrogen) atoms. The molecule has 3 aromatic carbocycles. The Balaban J connectivity index is 0.00000323. The van der Waals surface area contributed by atoms with Crippen LogP contribution in [0.1, 0.15) is 57.8 Å². The van der Waals surface area contributed by atoms with Crippen LogP contribution in [0.5, 0.6) is 11.5 Å². The third kappa shape index (κ3) is 8.61. The summed E-state index contributed by atoms with van der Waals surface area (Å²) in [6.07, 6.45) is 3.56. The summed E-state index contributed by atoms with van der Waals surface area (Å²) in [6.45, 7) is 2.92. The molecule has 12 heteroatoms. The van der Waals surface area contributed by atoms with Crippen LogP contribution in [0, 0.1) is 6.92 Å². The van der Waals surface area contributed by atoms with Crippen molar-refractivity contribution >= 4 is 59.0 Å². The fourth-order valence-electron chi connectivity index (χ4n) is 4.55. The van der Waals surface area contributed by atoms with Crippen molar-refractivity contribution in [1.29, 1.82) is 0 Å². The monoisotopic (exact) mass is 631 g/mol. The number of hydrogen-bond acceptors (Lipinski definition) is 7. The van der Waals surface area contributed by atoms with Crippen LogP contribution >= 0.6 is 24.8 Å². The number of aromatic nitrogens is 2. The average Bonchev–Trinajstić information content (AvgIpc) is 3.42. The summed E-state index contributed by atoms with van der Waals surface area (Å²) < 4.78 is 11.6. The third-order valence-corrected chi connectivity index (χ3v) is 6.79. The van der Waals surface area contributed by atoms with Gasteiger partial charge in [0.1, 0.15) is 22.8 Å². The van der Waals surface area contributed by atoms with E-state index >= 15 is 0 Å². The normalized spacial score (nSPS) is 10.4. The number of rotatable bonds is 13. The fourth-order valence-corrected chi connectivity index (χ4v) is 4.55. The molecule has 0 saturated heterocycles. The Morgan fingerprint density at radius 3 is 2.51 bits per heavy atom. The summed E-state index contributed by atoms with van der Waals surface area (Å²) in [5.41, 5.74) is 9.82. The van der Waals surface area contributed by atoms with Crippen LogP contribution in [0.2, 0.25) is 0 Å². The number of carbonyl (C=O) groups is 2. The predicted octanol–water partition coefficient (Wildman–Crippen LogP) is 5.64. The van der Waals surface area contributed by atoms with Crippen molar-refractivity contribution < 1.29 is 24.2 Å². The van der Waals surface area contributed by atoms with E-state index in [0.29, 0.717) is 51.9 Å². The van der Waals surface area contributed by atoms with Gasteiger partial charge in [0.25, 0.3) is 11.8 Å². The van der Waals surface area contributed by atoms with E-state index in [-0.39, 0.29) is 49.8 Å². The zero-order valence-electron chi connectivity index (χ0n) is 24.5. The van der Waals surface area contributed by atoms with E-state index in [2.05, 4.69) is 15.3 Å². The number of aliphatic hydroxyl groups excluding tert-OH is 1. The van der Waals surface area contributed by atoms with Gasteiger partial charge in [-0.1, -0.05) is 18.6 Å². The Kier molecular flexibility index (Phi) is 13.7. The Bertz CT molecular complexity index is 1530. The number of carbonyl (C=O) groups excluding carboxylic acids is 2. The molecule has 0 aliphatic carbocycles. The van der Waals surface area contributed by atoms with Gasteiger partial charge in [-0.3, -0.25) is 9.59 Å². The fraction of sp³-hybridized carbons (Fsp3) is 0.323. The van der Waals surface area contributed by atoms with Gasteiger partial charge < -0.3 is 35.5 Å². The number of nitrogens with two attached hydrogens (primary N) is 1. The van der Waals surface area contributed by atoms with E-state index in [4.69, 9.17) is 20.3 Å². The number of anilines is 2. The number of benzene rings is 3. The highest BCUT2D eigenvalue weighted by Gasteiger charge is 2.21. The average molecular weight is 633 g/mol. The quantitative estimate of drug-likeness (QED) is 0.140. The first-order valence-corrected chi connectivity index (χ1v) is 13.7. The molecule has 0 aliphatic rings. The van der Waals surface area contributed by atoms with Gasteiger partial charge in [-0.2, -0.15) is 0 Å². The highest BCUT2D eigenvalue weighted by atomic mass is 35.5. The van der Waals surface area contributed by atoms with E-state index in [1.165, 1.54) is 7.11 Å². The second kappa shape index (κ2) is 16.7. The zero-order valence-corrected chi connectivity index (χ0v) is 26.1. The van der Waals surface area contributed by atoms with Crippen LogP contribution in [0.3, 0.4) is 0 Å². The van der Waals surface area contributed by atoms with Crippen molar-refractivity contribution in [1.82, 2.24) is 9.97 Å². The Morgan fingerprint density at radius 2 is 1.79 bits per heavy atom. The van der Waals surface area contributed by atoms with Crippen molar-refractivity contribution in [3.63, 3.8) is 0 Å². The highest BCUT2D eigenvalue weighted by Crippen LogP contribution is 2.32. The number of amides is 2. The predicted molar refractivity (Wildman–Crippen MR) is 174 cm³/mol. The van der Waals surface area contributed by atoms with Crippen molar-refractivity contribution in [3.8, 4) is 11.5 Å². The number of H-pyrrole nitrogens is 1. The molecule has 0 unspecified atom stereocenters. The molecule has 4 rings (SSSR count). The van der Waals surface area contributed by atoms with Crippen LogP contribution in [-0.2, 0) is 6.54 Å². The van der Waals surface area contributed by atoms with Gasteiger partial charge in [-0.05, 0) is 74.2 Å². The van der Waals surface area contributed by atoms with Gasteiger partial charge in [0.15, 0.2) is 0 Å². The summed E-state index contributed by atoms with van der Waals surface area (Å²) in [5, 5.41) is 11.8. The van der Waals surface area contributed by atoms with Gasteiger partial charge in [-0.15, -0.1) is 24.8 Å². The number of methoxy groups -OCH3 is 1. The number of fused-ring (bicyclic) bond motifs is 1. The van der Waals surface area contributed by atoms with E-state index in [0.717, 1.165) is 36.8 Å². The molecule has 232 valence electrons. The maximum atomic E-state index is 13.5. The van der Waals surface area contributed by atoms with Crippen LogP contribution in [-0.4, -0.2) is 54.3 Å². The zero-order chi connectivity index (χ0) is 29.4. The molecule has 1 heterocycles. The number of halogens is 2. The van der Waals surface area contributed by atoms with Gasteiger partial charge in [0.05, 0.1) is 42.7 Å². The maximum absolute atomic E-state index is 13.5. The largest absolute Gasteiger partial charge is 0.495 e. The standard InChI is InChI=1S/C31H37N5O5.2ClH/c1-20-11-14-25(27(17-20)41-16-7-5-4-6-15-37)36(2)31(39)21-12-13-23(26(18-21)40-3)34-30(38)22-9-8-10-24-29(22)35-28(19-32)33-24;;/h8-14,17-18,37H,4-7,15-16,19,32H2,1-3H3,(H,33,35)(H,34,38);2*1H. The number of aryl methyl sites for hydroxylation is 1. The topological polar surface area (TPSA) is 143 Å². The molecular formula is C31H39Cl2N5O5. The lowest BCUT2D eigenvalue weighted by atomic mass is 10.1. The van der Waals surface area contributed by atoms with Gasteiger partial charge in [0, 0.05) is 19.2 Å². The number of hydrogen-bond donors (Lipinski definition) is 4. The first-order chi connectivity index (χ1) is 19.9. The lowest BCUT2D eigenvalue weighted by Crippen LogP contribution is -2.27. The van der Waals surface area contributed by atoms with Gasteiger partial charge in [-0.25, -0.2) is 4.98 Å². The molecule has 4 aromatic rings. The maximum Gasteiger partial charge on any atom is 0.258 e. The molecule has 2 amide bonds. The van der Waals surface area contributed by atoms with Crippen molar-refractivity contribution in [2.75, 3.05) is 37.6 Å². The molecule has 0 saturated carbocycles. The number of nitrogens with one attached hydrogen (secondary N) is 2. The summed E-state index contributed by atoms with van der Waals surface area (Å²) in [4.78, 5) is 35.8. The number of ether oxygens (including phenoxy) is 2. The molecule has 0 atom stereocenters. The minimum atomic E-state index is -0.363. The number of imidazole rings is 1. The van der Waals surface area contributed by atoms with E-state index < -0.39 is 0 Å².